The SMILES string of the molecule is COC[C@H]1c2c(nn(-c3cc(C)c(F)c(C)c3)c2-n2cc[nH]c2=O)C[C@@H](C)N1C(=O)OC(C)(C)C. The van der Waals surface area contributed by atoms with Crippen LogP contribution in [0.2, 0.25) is 0 Å². The molecule has 0 unspecified atom stereocenters. The van der Waals surface area contributed by atoms with Crippen LogP contribution in [0.5, 0.6) is 0 Å². The number of aromatic nitrogens is 4. The second-order valence-electron chi connectivity index (χ2n) is 10.0. The van der Waals surface area contributed by atoms with E-state index in [0.29, 0.717) is 34.6 Å². The highest BCUT2D eigenvalue weighted by Gasteiger charge is 2.42. The van der Waals surface area contributed by atoms with Gasteiger partial charge in [-0.1, -0.05) is 0 Å². The van der Waals surface area contributed by atoms with Gasteiger partial charge in [-0.3, -0.25) is 9.47 Å². The number of amides is 1. The minimum Gasteiger partial charge on any atom is -0.444 e. The Hall–Kier alpha value is -3.40. The number of hydrogen-bond donors (Lipinski definition) is 1. The van der Waals surface area contributed by atoms with Gasteiger partial charge in [0, 0.05) is 37.5 Å². The van der Waals surface area contributed by atoms with Crippen molar-refractivity contribution in [1.82, 2.24) is 24.2 Å². The van der Waals surface area contributed by atoms with Gasteiger partial charge in [0.15, 0.2) is 0 Å². The summed E-state index contributed by atoms with van der Waals surface area (Å²) in [6.07, 6.45) is 3.13. The normalized spacial score (nSPS) is 18.0. The van der Waals surface area contributed by atoms with Gasteiger partial charge in [0.1, 0.15) is 17.2 Å². The highest BCUT2D eigenvalue weighted by Crippen LogP contribution is 2.39. The van der Waals surface area contributed by atoms with Crippen LogP contribution in [0, 0.1) is 19.7 Å². The number of aromatic amines is 1. The number of carbonyl (C=O) groups excluding carboxylic acids is 1. The van der Waals surface area contributed by atoms with Crippen LogP contribution in [0.15, 0.2) is 29.3 Å². The Morgan fingerprint density at radius 3 is 2.46 bits per heavy atom. The summed E-state index contributed by atoms with van der Waals surface area (Å²) in [4.78, 5) is 30.4. The molecule has 188 valence electrons. The highest BCUT2D eigenvalue weighted by atomic mass is 19.1. The summed E-state index contributed by atoms with van der Waals surface area (Å²) in [5.74, 6) is 0.187. The van der Waals surface area contributed by atoms with Gasteiger partial charge in [0.2, 0.25) is 0 Å². The number of carbonyl (C=O) groups is 1. The van der Waals surface area contributed by atoms with Gasteiger partial charge in [-0.2, -0.15) is 5.10 Å². The molecule has 2 atom stereocenters. The number of nitrogens with zero attached hydrogens (tertiary/aromatic N) is 4. The summed E-state index contributed by atoms with van der Waals surface area (Å²) in [5.41, 5.74) is 1.95. The van der Waals surface area contributed by atoms with Crippen LogP contribution in [0.25, 0.3) is 11.5 Å². The van der Waals surface area contributed by atoms with Crippen LogP contribution < -0.4 is 5.69 Å². The smallest absolute Gasteiger partial charge is 0.411 e. The second kappa shape index (κ2) is 8.99. The van der Waals surface area contributed by atoms with E-state index in [1.165, 1.54) is 10.8 Å². The molecule has 9 nitrogen and oxygen atoms in total. The summed E-state index contributed by atoms with van der Waals surface area (Å²) in [6.45, 7) is 10.9. The Morgan fingerprint density at radius 2 is 1.91 bits per heavy atom. The van der Waals surface area contributed by atoms with Gasteiger partial charge in [0.25, 0.3) is 0 Å². The lowest BCUT2D eigenvalue weighted by atomic mass is 9.94. The van der Waals surface area contributed by atoms with Crippen molar-refractivity contribution in [3.8, 4) is 11.5 Å². The van der Waals surface area contributed by atoms with Crippen LogP contribution in [0.3, 0.4) is 0 Å². The average molecular weight is 486 g/mol. The monoisotopic (exact) mass is 485 g/mol. The molecule has 2 aromatic heterocycles. The number of methoxy groups -OCH3 is 1. The number of imidazole rings is 1. The zero-order chi connectivity index (χ0) is 25.7. The minimum atomic E-state index is -0.678. The lowest BCUT2D eigenvalue weighted by molar-refractivity contribution is -0.00883. The van der Waals surface area contributed by atoms with E-state index >= 15 is 0 Å². The van der Waals surface area contributed by atoms with Gasteiger partial charge >= 0.3 is 11.8 Å². The predicted molar refractivity (Wildman–Crippen MR) is 129 cm³/mol. The number of benzene rings is 1. The Labute approximate surface area is 203 Å². The molecule has 1 aliphatic rings. The Bertz CT molecular complexity index is 1290. The molecule has 1 aromatic carbocycles. The quantitative estimate of drug-likeness (QED) is 0.603. The van der Waals surface area contributed by atoms with Gasteiger partial charge in [-0.15, -0.1) is 0 Å². The fourth-order valence-electron chi connectivity index (χ4n) is 4.67. The molecule has 3 aromatic rings. The number of ether oxygens (including phenoxy) is 2. The number of H-pyrrole nitrogens is 1. The summed E-state index contributed by atoms with van der Waals surface area (Å²) < 4.78 is 28.8. The third kappa shape index (κ3) is 4.50. The summed E-state index contributed by atoms with van der Waals surface area (Å²) in [5, 5.41) is 4.87. The number of halogens is 1. The van der Waals surface area contributed by atoms with Crippen molar-refractivity contribution in [2.24, 2.45) is 0 Å². The molecule has 4 rings (SSSR count). The molecule has 0 fully saturated rings. The fraction of sp³-hybridized carbons (Fsp3) is 0.480. The van der Waals surface area contributed by atoms with Gasteiger partial charge < -0.3 is 14.5 Å². The van der Waals surface area contributed by atoms with Crippen molar-refractivity contribution >= 4 is 6.09 Å². The van der Waals surface area contributed by atoms with Crippen molar-refractivity contribution in [3.63, 3.8) is 0 Å². The predicted octanol–water partition coefficient (Wildman–Crippen LogP) is 3.98. The molecule has 0 radical (unpaired) electrons. The maximum Gasteiger partial charge on any atom is 0.411 e. The molecular formula is C25H32FN5O4. The van der Waals surface area contributed by atoms with E-state index in [9.17, 15) is 14.0 Å². The summed E-state index contributed by atoms with van der Waals surface area (Å²) >= 11 is 0. The van der Waals surface area contributed by atoms with Gasteiger partial charge in [0.05, 0.1) is 24.0 Å². The molecule has 0 saturated carbocycles. The molecule has 35 heavy (non-hydrogen) atoms. The maximum absolute atomic E-state index is 14.4. The lowest BCUT2D eigenvalue weighted by Crippen LogP contribution is -2.49. The van der Waals surface area contributed by atoms with Crippen LogP contribution in [-0.2, 0) is 15.9 Å². The molecule has 0 bridgehead atoms. The third-order valence-corrected chi connectivity index (χ3v) is 6.08. The zero-order valence-electron chi connectivity index (χ0n) is 21.2. The first-order valence-electron chi connectivity index (χ1n) is 11.6. The Kier molecular flexibility index (Phi) is 6.35. The standard InChI is InChI=1S/C25H32FN5O4/c1-14-10-17(11-15(2)21(14)26)31-22(29-9-8-27-23(29)32)20-18(28-31)12-16(3)30(19(20)13-34-7)24(33)35-25(4,5)6/h8-11,16,19H,12-13H2,1-7H3,(H,27,32)/t16-,19+/m1/s1. The number of nitrogens with one attached hydrogen (secondary N) is 1. The number of rotatable bonds is 4. The first kappa shape index (κ1) is 24.7. The highest BCUT2D eigenvalue weighted by molar-refractivity contribution is 5.70. The maximum atomic E-state index is 14.4. The van der Waals surface area contributed by atoms with E-state index in [1.54, 1.807) is 48.9 Å². The van der Waals surface area contributed by atoms with E-state index in [2.05, 4.69) is 4.98 Å². The van der Waals surface area contributed by atoms with Crippen molar-refractivity contribution in [1.29, 1.82) is 0 Å². The van der Waals surface area contributed by atoms with E-state index in [4.69, 9.17) is 14.6 Å². The topological polar surface area (TPSA) is 94.4 Å². The molecule has 0 spiro atoms. The van der Waals surface area contributed by atoms with Crippen molar-refractivity contribution < 1.29 is 18.7 Å². The molecule has 3 heterocycles. The summed E-state index contributed by atoms with van der Waals surface area (Å²) in [7, 11) is 1.56. The average Bonchev–Trinajstić information content (AvgIpc) is 3.33. The lowest BCUT2D eigenvalue weighted by Gasteiger charge is -2.40. The second-order valence-corrected chi connectivity index (χ2v) is 10.0. The first-order valence-corrected chi connectivity index (χ1v) is 11.6. The zero-order valence-corrected chi connectivity index (χ0v) is 21.2. The van der Waals surface area contributed by atoms with Crippen molar-refractivity contribution in [3.05, 3.63) is 63.2 Å². The van der Waals surface area contributed by atoms with Gasteiger partial charge in [-0.05, 0) is 64.8 Å². The number of aryl methyl sites for hydroxylation is 2. The van der Waals surface area contributed by atoms with Crippen LogP contribution in [0.4, 0.5) is 9.18 Å². The molecule has 1 amide bonds. The molecule has 1 aliphatic heterocycles. The Morgan fingerprint density at radius 1 is 1.26 bits per heavy atom. The molecule has 10 heteroatoms. The van der Waals surface area contributed by atoms with Crippen molar-refractivity contribution in [2.75, 3.05) is 13.7 Å². The third-order valence-electron chi connectivity index (χ3n) is 6.08. The van der Waals surface area contributed by atoms with E-state index in [0.717, 1.165) is 5.69 Å². The minimum absolute atomic E-state index is 0.177. The Balaban J connectivity index is 1.98. The van der Waals surface area contributed by atoms with E-state index in [-0.39, 0.29) is 24.2 Å². The van der Waals surface area contributed by atoms with Crippen LogP contribution in [-0.4, -0.2) is 55.7 Å². The van der Waals surface area contributed by atoms with E-state index < -0.39 is 17.7 Å². The molecule has 1 N–H and O–H groups in total. The van der Waals surface area contributed by atoms with E-state index in [1.807, 2.05) is 27.7 Å². The molecular weight excluding hydrogens is 453 g/mol. The fourth-order valence-corrected chi connectivity index (χ4v) is 4.67. The number of hydrogen-bond acceptors (Lipinski definition) is 5. The summed E-state index contributed by atoms with van der Waals surface area (Å²) in [6, 6.07) is 2.61. The molecule has 0 aliphatic carbocycles. The van der Waals surface area contributed by atoms with Gasteiger partial charge in [-0.25, -0.2) is 18.7 Å². The van der Waals surface area contributed by atoms with Crippen LogP contribution >= 0.6 is 0 Å². The van der Waals surface area contributed by atoms with Crippen molar-refractivity contribution in [2.45, 2.75) is 65.6 Å². The molecule has 0 saturated heterocycles. The number of fused-ring (bicyclic) bond motifs is 1. The largest absolute Gasteiger partial charge is 0.444 e. The first-order chi connectivity index (χ1) is 16.4. The van der Waals surface area contributed by atoms with Crippen LogP contribution in [0.1, 0.15) is 56.1 Å².